The van der Waals surface area contributed by atoms with Crippen LogP contribution in [0.3, 0.4) is 0 Å². The summed E-state index contributed by atoms with van der Waals surface area (Å²) < 4.78 is 5.19. The van der Waals surface area contributed by atoms with Crippen LogP contribution < -0.4 is 9.64 Å². The van der Waals surface area contributed by atoms with Crippen LogP contribution in [0, 0.1) is 13.8 Å². The minimum atomic E-state index is -0.827. The molecular weight excluding hydrogens is 472 g/mol. The summed E-state index contributed by atoms with van der Waals surface area (Å²) >= 11 is 7.60. The minimum Gasteiger partial charge on any atom is -0.507 e. The lowest BCUT2D eigenvalue weighted by atomic mass is 9.93. The van der Waals surface area contributed by atoms with Crippen molar-refractivity contribution in [2.75, 3.05) is 12.0 Å². The summed E-state index contributed by atoms with van der Waals surface area (Å²) in [6.45, 7) is 7.96. The number of carbonyl (C=O) groups is 2. The Morgan fingerprint density at radius 2 is 1.82 bits per heavy atom. The molecule has 2 heterocycles. The minimum absolute atomic E-state index is 0.00552. The van der Waals surface area contributed by atoms with Gasteiger partial charge < -0.3 is 9.84 Å². The van der Waals surface area contributed by atoms with Gasteiger partial charge in [0.25, 0.3) is 5.78 Å². The lowest BCUT2D eigenvalue weighted by Gasteiger charge is -2.23. The van der Waals surface area contributed by atoms with E-state index >= 15 is 0 Å². The van der Waals surface area contributed by atoms with Crippen molar-refractivity contribution in [3.8, 4) is 5.75 Å². The number of aliphatic hydroxyl groups is 1. The smallest absolute Gasteiger partial charge is 0.301 e. The third kappa shape index (κ3) is 4.10. The van der Waals surface area contributed by atoms with Crippen LogP contribution in [0.2, 0.25) is 5.02 Å². The molecule has 176 valence electrons. The van der Waals surface area contributed by atoms with Crippen LogP contribution in [0.5, 0.6) is 5.75 Å². The Kier molecular flexibility index (Phi) is 6.51. The molecule has 4 rings (SSSR count). The number of aliphatic hydroxyl groups excluding tert-OH is 1. The molecule has 34 heavy (non-hydrogen) atoms. The molecule has 0 saturated carbocycles. The van der Waals surface area contributed by atoms with Crippen molar-refractivity contribution in [1.29, 1.82) is 0 Å². The number of ketones is 1. The number of anilines is 1. The zero-order chi connectivity index (χ0) is 24.7. The molecular formula is C26H25ClN2O4S. The van der Waals surface area contributed by atoms with Crippen molar-refractivity contribution in [2.45, 2.75) is 39.7 Å². The fourth-order valence-electron chi connectivity index (χ4n) is 3.94. The maximum absolute atomic E-state index is 13.3. The third-order valence-corrected chi connectivity index (χ3v) is 7.38. The molecule has 0 unspecified atom stereocenters. The highest BCUT2D eigenvalue weighted by Gasteiger charge is 2.48. The van der Waals surface area contributed by atoms with Gasteiger partial charge in [0.1, 0.15) is 11.5 Å². The first-order valence-corrected chi connectivity index (χ1v) is 12.0. The third-order valence-electron chi connectivity index (χ3n) is 6.01. The number of benzene rings is 2. The topological polar surface area (TPSA) is 79.7 Å². The van der Waals surface area contributed by atoms with Gasteiger partial charge in [-0.2, -0.15) is 0 Å². The molecule has 0 bridgehead atoms. The summed E-state index contributed by atoms with van der Waals surface area (Å²) in [5.74, 6) is -1.03. The Balaban J connectivity index is 1.93. The van der Waals surface area contributed by atoms with E-state index in [1.54, 1.807) is 12.1 Å². The van der Waals surface area contributed by atoms with Gasteiger partial charge in [0, 0.05) is 10.4 Å². The van der Waals surface area contributed by atoms with Crippen LogP contribution in [0.4, 0.5) is 5.13 Å². The Morgan fingerprint density at radius 1 is 1.15 bits per heavy atom. The normalized spacial score (nSPS) is 17.6. The number of hydrogen-bond donors (Lipinski definition) is 1. The maximum Gasteiger partial charge on any atom is 0.301 e. The van der Waals surface area contributed by atoms with Crippen molar-refractivity contribution in [3.63, 3.8) is 0 Å². The van der Waals surface area contributed by atoms with Gasteiger partial charge in [0.05, 0.1) is 29.4 Å². The number of aromatic nitrogens is 1. The van der Waals surface area contributed by atoms with Gasteiger partial charge in [-0.05, 0) is 49.1 Å². The van der Waals surface area contributed by atoms with Crippen LogP contribution >= 0.6 is 22.9 Å². The summed E-state index contributed by atoms with van der Waals surface area (Å²) in [5.41, 5.74) is 2.93. The van der Waals surface area contributed by atoms with E-state index in [2.05, 4.69) is 18.8 Å². The van der Waals surface area contributed by atoms with Gasteiger partial charge in [0.2, 0.25) is 0 Å². The van der Waals surface area contributed by atoms with Crippen LogP contribution in [-0.2, 0) is 9.59 Å². The summed E-state index contributed by atoms with van der Waals surface area (Å²) in [6.07, 6.45) is 0. The zero-order valence-corrected chi connectivity index (χ0v) is 21.1. The van der Waals surface area contributed by atoms with Crippen molar-refractivity contribution in [3.05, 3.63) is 80.3 Å². The van der Waals surface area contributed by atoms with E-state index in [-0.39, 0.29) is 16.4 Å². The quantitative estimate of drug-likeness (QED) is 0.259. The van der Waals surface area contributed by atoms with E-state index in [0.29, 0.717) is 27.9 Å². The number of ether oxygens (including phenoxy) is 1. The second-order valence-electron chi connectivity index (χ2n) is 8.48. The molecule has 1 aromatic heterocycles. The van der Waals surface area contributed by atoms with Gasteiger partial charge in [-0.3, -0.25) is 14.5 Å². The van der Waals surface area contributed by atoms with E-state index in [1.807, 2.05) is 38.1 Å². The van der Waals surface area contributed by atoms with Crippen molar-refractivity contribution in [2.24, 2.45) is 0 Å². The first kappa shape index (κ1) is 24.0. The van der Waals surface area contributed by atoms with Crippen LogP contribution in [0.15, 0.2) is 48.0 Å². The molecule has 1 N–H and O–H groups in total. The highest BCUT2D eigenvalue weighted by molar-refractivity contribution is 7.16. The highest BCUT2D eigenvalue weighted by Crippen LogP contribution is 2.44. The van der Waals surface area contributed by atoms with E-state index in [0.717, 1.165) is 16.1 Å². The molecule has 1 saturated heterocycles. The second kappa shape index (κ2) is 9.24. The van der Waals surface area contributed by atoms with E-state index in [4.69, 9.17) is 16.3 Å². The molecule has 1 fully saturated rings. The standard InChI is InChI=1S/C26H25ClN2O4S/c1-13(2)16-6-8-17(9-7-16)22-21(23(30)18-10-11-20(33-5)19(27)12-18)24(31)25(32)29(22)26-28-14(3)15(4)34-26/h6-13,22,30H,1-5H3/b23-21+/t22-/m1/s1. The molecule has 1 aliphatic heterocycles. The number of nitrogens with zero attached hydrogens (tertiary/aromatic N) is 2. The van der Waals surface area contributed by atoms with Gasteiger partial charge in [0.15, 0.2) is 5.13 Å². The summed E-state index contributed by atoms with van der Waals surface area (Å²) in [4.78, 5) is 33.4. The number of carbonyl (C=O) groups excluding carboxylic acids is 2. The number of rotatable bonds is 5. The van der Waals surface area contributed by atoms with Crippen molar-refractivity contribution < 1.29 is 19.4 Å². The van der Waals surface area contributed by atoms with Gasteiger partial charge in [-0.15, -0.1) is 11.3 Å². The summed E-state index contributed by atoms with van der Waals surface area (Å²) in [5, 5.41) is 12.0. The number of Topliss-reactive ketones (excluding diaryl/α,β-unsaturated/α-hetero) is 1. The fraction of sp³-hybridized carbons (Fsp3) is 0.269. The molecule has 0 radical (unpaired) electrons. The number of hydrogen-bond acceptors (Lipinski definition) is 6. The number of amides is 1. The molecule has 2 aromatic carbocycles. The molecule has 3 aromatic rings. The lowest BCUT2D eigenvalue weighted by Crippen LogP contribution is -2.29. The number of aryl methyl sites for hydroxylation is 2. The average Bonchev–Trinajstić information content (AvgIpc) is 3.28. The highest BCUT2D eigenvalue weighted by atomic mass is 35.5. The molecule has 1 aliphatic rings. The van der Waals surface area contributed by atoms with Gasteiger partial charge in [-0.1, -0.05) is 49.7 Å². The molecule has 1 amide bonds. The Hall–Kier alpha value is -3.16. The predicted octanol–water partition coefficient (Wildman–Crippen LogP) is 6.17. The molecule has 6 nitrogen and oxygen atoms in total. The monoisotopic (exact) mass is 496 g/mol. The molecule has 0 aliphatic carbocycles. The van der Waals surface area contributed by atoms with Crippen LogP contribution in [0.25, 0.3) is 5.76 Å². The fourth-order valence-corrected chi connectivity index (χ4v) is 5.13. The summed E-state index contributed by atoms with van der Waals surface area (Å²) in [6, 6.07) is 11.6. The van der Waals surface area contributed by atoms with Crippen molar-refractivity contribution >= 4 is 45.5 Å². The molecule has 8 heteroatoms. The zero-order valence-electron chi connectivity index (χ0n) is 19.5. The van der Waals surface area contributed by atoms with Crippen LogP contribution in [0.1, 0.15) is 53.1 Å². The largest absolute Gasteiger partial charge is 0.507 e. The van der Waals surface area contributed by atoms with Crippen molar-refractivity contribution in [1.82, 2.24) is 4.98 Å². The number of halogens is 1. The van der Waals surface area contributed by atoms with Gasteiger partial charge >= 0.3 is 5.91 Å². The van der Waals surface area contributed by atoms with E-state index in [1.165, 1.54) is 29.4 Å². The first-order chi connectivity index (χ1) is 16.1. The predicted molar refractivity (Wildman–Crippen MR) is 135 cm³/mol. The van der Waals surface area contributed by atoms with E-state index in [9.17, 15) is 14.7 Å². The molecule has 0 spiro atoms. The number of thiazole rings is 1. The summed E-state index contributed by atoms with van der Waals surface area (Å²) in [7, 11) is 1.49. The Morgan fingerprint density at radius 3 is 2.35 bits per heavy atom. The first-order valence-electron chi connectivity index (χ1n) is 10.8. The maximum atomic E-state index is 13.3. The molecule has 1 atom stereocenters. The Bertz CT molecular complexity index is 1290. The SMILES string of the molecule is COc1ccc(/C(O)=C2\C(=O)C(=O)N(c3nc(C)c(C)s3)[C@@H]2c2ccc(C(C)C)cc2)cc1Cl. The Labute approximate surface area is 207 Å². The van der Waals surface area contributed by atoms with Crippen LogP contribution in [-0.4, -0.2) is 28.9 Å². The average molecular weight is 497 g/mol. The number of methoxy groups -OCH3 is 1. The lowest BCUT2D eigenvalue weighted by molar-refractivity contribution is -0.132. The van der Waals surface area contributed by atoms with E-state index < -0.39 is 17.7 Å². The second-order valence-corrected chi connectivity index (χ2v) is 10.1. The van der Waals surface area contributed by atoms with Gasteiger partial charge in [-0.25, -0.2) is 4.98 Å².